The molecule has 0 atom stereocenters. The molecule has 0 saturated carbocycles. The van der Waals surface area contributed by atoms with Gasteiger partial charge in [0.25, 0.3) is 0 Å². The van der Waals surface area contributed by atoms with E-state index >= 15 is 0 Å². The van der Waals surface area contributed by atoms with Crippen LogP contribution < -0.4 is 16.0 Å². The molecule has 0 spiro atoms. The van der Waals surface area contributed by atoms with Gasteiger partial charge in [-0.05, 0) is 12.1 Å². The zero-order valence-corrected chi connectivity index (χ0v) is 7.80. The molecule has 80 valence electrons. The van der Waals surface area contributed by atoms with E-state index < -0.39 is 11.9 Å². The molecule has 1 heterocycles. The number of hydrogen-bond acceptors (Lipinski definition) is 5. The Morgan fingerprint density at radius 2 is 2.07 bits per heavy atom. The lowest BCUT2D eigenvalue weighted by Gasteiger charge is -2.37. The molecule has 1 fully saturated rings. The second-order valence-electron chi connectivity index (χ2n) is 2.85. The normalized spacial score (nSPS) is 17.7. The Kier molecular flexibility index (Phi) is 2.55. The van der Waals surface area contributed by atoms with Gasteiger partial charge < -0.3 is 4.74 Å². The van der Waals surface area contributed by atoms with Crippen molar-refractivity contribution in [2.75, 3.05) is 6.79 Å². The van der Waals surface area contributed by atoms with Gasteiger partial charge >= 0.3 is 11.9 Å². The first-order valence-corrected chi connectivity index (χ1v) is 4.30. The van der Waals surface area contributed by atoms with Crippen LogP contribution in [0.4, 0.5) is 0 Å². The standard InChI is InChI=1S/C9H10N2O4/c10-11-8(12)9(13-6-14-9)15-7-4-2-1-3-5-7/h1-5H,6,10H2,(H,11,12). The van der Waals surface area contributed by atoms with Crippen molar-refractivity contribution in [1.29, 1.82) is 0 Å². The first kappa shape index (κ1) is 9.91. The van der Waals surface area contributed by atoms with E-state index in [-0.39, 0.29) is 6.79 Å². The van der Waals surface area contributed by atoms with Gasteiger partial charge in [-0.25, -0.2) is 5.84 Å². The van der Waals surface area contributed by atoms with Crippen molar-refractivity contribution >= 4 is 5.91 Å². The Morgan fingerprint density at radius 1 is 1.40 bits per heavy atom. The minimum atomic E-state index is -1.74. The number of ether oxygens (including phenoxy) is 3. The van der Waals surface area contributed by atoms with Gasteiger partial charge in [0, 0.05) is 0 Å². The van der Waals surface area contributed by atoms with Crippen LogP contribution in [0.2, 0.25) is 0 Å². The highest BCUT2D eigenvalue weighted by molar-refractivity contribution is 5.82. The van der Waals surface area contributed by atoms with Gasteiger partial charge in [-0.15, -0.1) is 0 Å². The molecule has 1 aromatic carbocycles. The Hall–Kier alpha value is -1.63. The first-order chi connectivity index (χ1) is 7.27. The summed E-state index contributed by atoms with van der Waals surface area (Å²) in [7, 11) is 0. The van der Waals surface area contributed by atoms with Crippen LogP contribution in [0.5, 0.6) is 5.75 Å². The molecule has 15 heavy (non-hydrogen) atoms. The molecule has 2 rings (SSSR count). The third kappa shape index (κ3) is 1.78. The summed E-state index contributed by atoms with van der Waals surface area (Å²) in [6.45, 7) is 0.000252. The number of benzene rings is 1. The van der Waals surface area contributed by atoms with Gasteiger partial charge in [-0.2, -0.15) is 0 Å². The van der Waals surface area contributed by atoms with Gasteiger partial charge in [0.15, 0.2) is 6.79 Å². The van der Waals surface area contributed by atoms with E-state index in [1.54, 1.807) is 24.3 Å². The molecule has 1 amide bonds. The molecular formula is C9H10N2O4. The number of carbonyl (C=O) groups excluding carboxylic acids is 1. The smallest absolute Gasteiger partial charge is 0.417 e. The summed E-state index contributed by atoms with van der Waals surface area (Å²) in [6.07, 6.45) is 0. The zero-order valence-electron chi connectivity index (χ0n) is 7.80. The van der Waals surface area contributed by atoms with Crippen molar-refractivity contribution < 1.29 is 19.0 Å². The van der Waals surface area contributed by atoms with Crippen molar-refractivity contribution in [3.05, 3.63) is 30.3 Å². The summed E-state index contributed by atoms with van der Waals surface area (Å²) >= 11 is 0. The summed E-state index contributed by atoms with van der Waals surface area (Å²) in [5.74, 6) is 3.02. The summed E-state index contributed by atoms with van der Waals surface area (Å²) in [4.78, 5) is 11.3. The Bertz CT molecular complexity index is 350. The fourth-order valence-corrected chi connectivity index (χ4v) is 1.13. The Morgan fingerprint density at radius 3 is 2.53 bits per heavy atom. The molecule has 0 aromatic heterocycles. The van der Waals surface area contributed by atoms with Crippen LogP contribution in [-0.2, 0) is 14.3 Å². The number of hydrazine groups is 1. The van der Waals surface area contributed by atoms with E-state index in [0.29, 0.717) is 5.75 Å². The molecule has 1 aromatic rings. The van der Waals surface area contributed by atoms with E-state index in [9.17, 15) is 4.79 Å². The van der Waals surface area contributed by atoms with Gasteiger partial charge in [0.1, 0.15) is 5.75 Å². The minimum Gasteiger partial charge on any atom is -0.432 e. The van der Waals surface area contributed by atoms with E-state index in [2.05, 4.69) is 0 Å². The average molecular weight is 210 g/mol. The fraction of sp³-hybridized carbons (Fsp3) is 0.222. The lowest BCUT2D eigenvalue weighted by Crippen LogP contribution is -2.63. The van der Waals surface area contributed by atoms with Crippen molar-refractivity contribution in [2.24, 2.45) is 5.84 Å². The number of nitrogens with two attached hydrogens (primary N) is 1. The molecule has 6 heteroatoms. The van der Waals surface area contributed by atoms with Gasteiger partial charge in [0.05, 0.1) is 0 Å². The highest BCUT2D eigenvalue weighted by Crippen LogP contribution is 2.27. The second-order valence-corrected chi connectivity index (χ2v) is 2.85. The van der Waals surface area contributed by atoms with Crippen molar-refractivity contribution in [3.8, 4) is 5.75 Å². The van der Waals surface area contributed by atoms with E-state index in [4.69, 9.17) is 20.1 Å². The fourth-order valence-electron chi connectivity index (χ4n) is 1.13. The lowest BCUT2D eigenvalue weighted by atomic mass is 10.3. The maximum Gasteiger partial charge on any atom is 0.417 e. The third-order valence-corrected chi connectivity index (χ3v) is 1.90. The quantitative estimate of drug-likeness (QED) is 0.407. The molecule has 3 N–H and O–H groups in total. The van der Waals surface area contributed by atoms with E-state index in [1.807, 2.05) is 11.5 Å². The van der Waals surface area contributed by atoms with Crippen LogP contribution in [-0.4, -0.2) is 18.7 Å². The minimum absolute atomic E-state index is 0.000252. The summed E-state index contributed by atoms with van der Waals surface area (Å²) in [5, 5.41) is 0. The predicted molar refractivity (Wildman–Crippen MR) is 49.2 cm³/mol. The molecule has 1 aliphatic heterocycles. The number of rotatable bonds is 3. The topological polar surface area (TPSA) is 82.8 Å². The molecular weight excluding hydrogens is 200 g/mol. The molecule has 0 radical (unpaired) electrons. The third-order valence-electron chi connectivity index (χ3n) is 1.90. The summed E-state index contributed by atoms with van der Waals surface area (Å²) in [5.41, 5.74) is 1.91. The van der Waals surface area contributed by atoms with Gasteiger partial charge in [0.2, 0.25) is 0 Å². The van der Waals surface area contributed by atoms with Crippen LogP contribution in [0, 0.1) is 0 Å². The monoisotopic (exact) mass is 210 g/mol. The first-order valence-electron chi connectivity index (χ1n) is 4.30. The molecule has 0 aliphatic carbocycles. The predicted octanol–water partition coefficient (Wildman–Crippen LogP) is -0.287. The molecule has 1 saturated heterocycles. The Labute approximate surface area is 85.9 Å². The summed E-state index contributed by atoms with van der Waals surface area (Å²) < 4.78 is 15.1. The van der Waals surface area contributed by atoms with Crippen LogP contribution in [0.1, 0.15) is 0 Å². The highest BCUT2D eigenvalue weighted by Gasteiger charge is 2.51. The SMILES string of the molecule is NNC(=O)C1(Oc2ccccc2)OCO1. The lowest BCUT2D eigenvalue weighted by molar-refractivity contribution is -0.448. The summed E-state index contributed by atoms with van der Waals surface area (Å²) in [6, 6.07) is 8.71. The molecule has 0 unspecified atom stereocenters. The van der Waals surface area contributed by atoms with Crippen molar-refractivity contribution in [2.45, 2.75) is 5.97 Å². The van der Waals surface area contributed by atoms with E-state index in [1.165, 1.54) is 0 Å². The van der Waals surface area contributed by atoms with Crippen molar-refractivity contribution in [3.63, 3.8) is 0 Å². The number of nitrogens with one attached hydrogen (secondary N) is 1. The van der Waals surface area contributed by atoms with Crippen LogP contribution in [0.25, 0.3) is 0 Å². The van der Waals surface area contributed by atoms with Crippen molar-refractivity contribution in [1.82, 2.24) is 5.43 Å². The van der Waals surface area contributed by atoms with Crippen LogP contribution >= 0.6 is 0 Å². The number of amides is 1. The molecule has 0 bridgehead atoms. The Balaban J connectivity index is 2.12. The van der Waals surface area contributed by atoms with Crippen LogP contribution in [0.15, 0.2) is 30.3 Å². The maximum atomic E-state index is 11.3. The largest absolute Gasteiger partial charge is 0.432 e. The number of carbonyl (C=O) groups is 1. The van der Waals surface area contributed by atoms with Gasteiger partial charge in [-0.3, -0.25) is 19.7 Å². The number of hydrogen-bond donors (Lipinski definition) is 2. The second kappa shape index (κ2) is 3.85. The highest BCUT2D eigenvalue weighted by atomic mass is 17.0. The van der Waals surface area contributed by atoms with Crippen LogP contribution in [0.3, 0.4) is 0 Å². The van der Waals surface area contributed by atoms with E-state index in [0.717, 1.165) is 0 Å². The van der Waals surface area contributed by atoms with Gasteiger partial charge in [-0.1, -0.05) is 18.2 Å². The molecule has 6 nitrogen and oxygen atoms in total. The maximum absolute atomic E-state index is 11.3. The zero-order chi connectivity index (χ0) is 10.7. The molecule has 1 aliphatic rings. The number of para-hydroxylation sites is 1. The average Bonchev–Trinajstić information content (AvgIpc) is 2.24.